The van der Waals surface area contributed by atoms with Gasteiger partial charge in [0.05, 0.1) is 11.9 Å². The number of pyridine rings is 2. The van der Waals surface area contributed by atoms with E-state index < -0.39 is 0 Å². The first-order valence-corrected chi connectivity index (χ1v) is 6.84. The number of nitrogens with zero attached hydrogens (tertiary/aromatic N) is 4. The van der Waals surface area contributed by atoms with Crippen molar-refractivity contribution in [2.24, 2.45) is 5.10 Å². The third kappa shape index (κ3) is 2.71. The summed E-state index contributed by atoms with van der Waals surface area (Å²) < 4.78 is 1.76. The lowest BCUT2D eigenvalue weighted by molar-refractivity contribution is 0.0948. The molecule has 1 amide bonds. The molecule has 0 aliphatic heterocycles. The van der Waals surface area contributed by atoms with Crippen molar-refractivity contribution in [1.82, 2.24) is 19.8 Å². The predicted molar refractivity (Wildman–Crippen MR) is 84.0 cm³/mol. The van der Waals surface area contributed by atoms with Crippen molar-refractivity contribution in [2.45, 2.75) is 13.8 Å². The van der Waals surface area contributed by atoms with E-state index in [4.69, 9.17) is 0 Å². The Hall–Kier alpha value is -3.02. The number of aryl methyl sites for hydroxylation is 2. The fraction of sp³-hybridized carbons (Fsp3) is 0.125. The standard InChI is InChI=1S/C16H15N5O/c1-11-5-7-21-14(8-11)19-12(2)15(21)16(22)20-18-10-13-4-3-6-17-9-13/h3-10H,1-2H3,(H,20,22)/b18-10-. The Kier molecular flexibility index (Phi) is 3.65. The molecule has 3 rings (SSSR count). The molecule has 3 aromatic rings. The summed E-state index contributed by atoms with van der Waals surface area (Å²) in [6.45, 7) is 3.80. The Bertz CT molecular complexity index is 852. The molecule has 6 nitrogen and oxygen atoms in total. The zero-order chi connectivity index (χ0) is 15.5. The monoisotopic (exact) mass is 293 g/mol. The number of aromatic nitrogens is 3. The van der Waals surface area contributed by atoms with E-state index in [1.54, 1.807) is 29.1 Å². The number of hydrazone groups is 1. The molecule has 0 aromatic carbocycles. The zero-order valence-corrected chi connectivity index (χ0v) is 12.3. The minimum Gasteiger partial charge on any atom is -0.295 e. The summed E-state index contributed by atoms with van der Waals surface area (Å²) in [6.07, 6.45) is 6.73. The van der Waals surface area contributed by atoms with Gasteiger partial charge >= 0.3 is 0 Å². The van der Waals surface area contributed by atoms with E-state index in [-0.39, 0.29) is 5.91 Å². The van der Waals surface area contributed by atoms with Gasteiger partial charge in [-0.15, -0.1) is 0 Å². The number of hydrogen-bond acceptors (Lipinski definition) is 4. The van der Waals surface area contributed by atoms with Gasteiger partial charge in [-0.25, -0.2) is 10.4 Å². The normalized spacial score (nSPS) is 11.2. The van der Waals surface area contributed by atoms with Crippen LogP contribution in [-0.4, -0.2) is 26.5 Å². The maximum Gasteiger partial charge on any atom is 0.290 e. The number of nitrogens with one attached hydrogen (secondary N) is 1. The van der Waals surface area contributed by atoms with Gasteiger partial charge < -0.3 is 0 Å². The molecule has 22 heavy (non-hydrogen) atoms. The van der Waals surface area contributed by atoms with Crippen molar-refractivity contribution >= 4 is 17.8 Å². The van der Waals surface area contributed by atoms with E-state index in [0.29, 0.717) is 11.4 Å². The van der Waals surface area contributed by atoms with Gasteiger partial charge in [-0.1, -0.05) is 6.07 Å². The summed E-state index contributed by atoms with van der Waals surface area (Å²) in [5, 5.41) is 3.96. The largest absolute Gasteiger partial charge is 0.295 e. The first kappa shape index (κ1) is 13.9. The third-order valence-electron chi connectivity index (χ3n) is 3.24. The molecule has 0 bridgehead atoms. The van der Waals surface area contributed by atoms with Crippen LogP contribution in [0.15, 0.2) is 48.0 Å². The smallest absolute Gasteiger partial charge is 0.290 e. The molecule has 0 unspecified atom stereocenters. The van der Waals surface area contributed by atoms with Crippen LogP contribution in [-0.2, 0) is 0 Å². The molecule has 3 aromatic heterocycles. The minimum atomic E-state index is -0.297. The summed E-state index contributed by atoms with van der Waals surface area (Å²) in [4.78, 5) is 20.7. The highest BCUT2D eigenvalue weighted by Crippen LogP contribution is 2.13. The maximum absolute atomic E-state index is 12.3. The molecule has 3 heterocycles. The van der Waals surface area contributed by atoms with Crippen LogP contribution in [0.1, 0.15) is 27.3 Å². The lowest BCUT2D eigenvalue weighted by Gasteiger charge is -2.02. The Morgan fingerprint density at radius 2 is 2.23 bits per heavy atom. The van der Waals surface area contributed by atoms with Crippen LogP contribution in [0.4, 0.5) is 0 Å². The Labute approximate surface area is 127 Å². The van der Waals surface area contributed by atoms with Gasteiger partial charge in [-0.05, 0) is 37.6 Å². The fourth-order valence-electron chi connectivity index (χ4n) is 2.21. The SMILES string of the molecule is Cc1ccn2c(C(=O)N/N=C\c3cccnc3)c(C)nc2c1. The molecule has 0 spiro atoms. The van der Waals surface area contributed by atoms with E-state index in [1.165, 1.54) is 0 Å². The fourth-order valence-corrected chi connectivity index (χ4v) is 2.21. The van der Waals surface area contributed by atoms with Crippen LogP contribution in [0.3, 0.4) is 0 Å². The summed E-state index contributed by atoms with van der Waals surface area (Å²) in [7, 11) is 0. The van der Waals surface area contributed by atoms with Crippen LogP contribution in [0, 0.1) is 13.8 Å². The van der Waals surface area contributed by atoms with E-state index in [0.717, 1.165) is 16.8 Å². The molecule has 6 heteroatoms. The van der Waals surface area contributed by atoms with Gasteiger partial charge in [-0.3, -0.25) is 14.2 Å². The average Bonchev–Trinajstić information content (AvgIpc) is 2.83. The van der Waals surface area contributed by atoms with Crippen molar-refractivity contribution in [3.63, 3.8) is 0 Å². The molecule has 0 aliphatic carbocycles. The maximum atomic E-state index is 12.3. The molecule has 0 saturated heterocycles. The highest BCUT2D eigenvalue weighted by atomic mass is 16.2. The zero-order valence-electron chi connectivity index (χ0n) is 12.3. The highest BCUT2D eigenvalue weighted by molar-refractivity contribution is 5.95. The molecule has 0 fully saturated rings. The quantitative estimate of drug-likeness (QED) is 0.594. The van der Waals surface area contributed by atoms with Crippen LogP contribution >= 0.6 is 0 Å². The molecular weight excluding hydrogens is 278 g/mol. The Morgan fingerprint density at radius 1 is 1.36 bits per heavy atom. The summed E-state index contributed by atoms with van der Waals surface area (Å²) in [6, 6.07) is 7.53. The van der Waals surface area contributed by atoms with E-state index in [9.17, 15) is 4.79 Å². The van der Waals surface area contributed by atoms with Gasteiger partial charge in [-0.2, -0.15) is 5.10 Å². The third-order valence-corrected chi connectivity index (χ3v) is 3.24. The second-order valence-electron chi connectivity index (χ2n) is 4.96. The summed E-state index contributed by atoms with van der Waals surface area (Å²) >= 11 is 0. The number of amides is 1. The van der Waals surface area contributed by atoms with Crippen molar-refractivity contribution in [1.29, 1.82) is 0 Å². The molecule has 1 N–H and O–H groups in total. The molecule has 0 aliphatic rings. The number of carbonyl (C=O) groups excluding carboxylic acids is 1. The second kappa shape index (κ2) is 5.77. The topological polar surface area (TPSA) is 71.7 Å². The number of imidazole rings is 1. The summed E-state index contributed by atoms with van der Waals surface area (Å²) in [5.74, 6) is -0.297. The van der Waals surface area contributed by atoms with Crippen molar-refractivity contribution in [2.75, 3.05) is 0 Å². The first-order valence-electron chi connectivity index (χ1n) is 6.84. The van der Waals surface area contributed by atoms with E-state index >= 15 is 0 Å². The molecule has 0 atom stereocenters. The minimum absolute atomic E-state index is 0.297. The molecular formula is C16H15N5O. The second-order valence-corrected chi connectivity index (χ2v) is 4.96. The van der Waals surface area contributed by atoms with Gasteiger partial charge in [0.25, 0.3) is 5.91 Å². The van der Waals surface area contributed by atoms with Crippen LogP contribution in [0.25, 0.3) is 5.65 Å². The number of carbonyl (C=O) groups is 1. The summed E-state index contributed by atoms with van der Waals surface area (Å²) in [5.41, 5.74) is 6.33. The van der Waals surface area contributed by atoms with Gasteiger partial charge in [0.15, 0.2) is 0 Å². The van der Waals surface area contributed by atoms with E-state index in [2.05, 4.69) is 20.5 Å². The first-order chi connectivity index (χ1) is 10.6. The van der Waals surface area contributed by atoms with E-state index in [1.807, 2.05) is 38.2 Å². The van der Waals surface area contributed by atoms with Crippen LogP contribution < -0.4 is 5.43 Å². The Morgan fingerprint density at radius 3 is 3.00 bits per heavy atom. The van der Waals surface area contributed by atoms with Crippen LogP contribution in [0.2, 0.25) is 0 Å². The van der Waals surface area contributed by atoms with Gasteiger partial charge in [0, 0.05) is 24.2 Å². The van der Waals surface area contributed by atoms with Crippen molar-refractivity contribution in [3.05, 3.63) is 65.4 Å². The van der Waals surface area contributed by atoms with Gasteiger partial charge in [0.1, 0.15) is 11.3 Å². The number of fused-ring (bicyclic) bond motifs is 1. The Balaban J connectivity index is 1.83. The molecule has 110 valence electrons. The highest BCUT2D eigenvalue weighted by Gasteiger charge is 2.15. The molecule has 0 radical (unpaired) electrons. The van der Waals surface area contributed by atoms with Crippen molar-refractivity contribution < 1.29 is 4.79 Å². The van der Waals surface area contributed by atoms with Crippen molar-refractivity contribution in [3.8, 4) is 0 Å². The lowest BCUT2D eigenvalue weighted by atomic mass is 10.3. The van der Waals surface area contributed by atoms with Crippen LogP contribution in [0.5, 0.6) is 0 Å². The number of hydrogen-bond donors (Lipinski definition) is 1. The van der Waals surface area contributed by atoms with Gasteiger partial charge in [0.2, 0.25) is 0 Å². The number of rotatable bonds is 3. The molecule has 0 saturated carbocycles. The average molecular weight is 293 g/mol. The predicted octanol–water partition coefficient (Wildman–Crippen LogP) is 2.11. The lowest BCUT2D eigenvalue weighted by Crippen LogP contribution is -2.20.